The number of carbonyl (C=O) groups is 2. The van der Waals surface area contributed by atoms with Gasteiger partial charge < -0.3 is 20.7 Å². The fraction of sp³-hybridized carbons (Fsp3) is 0.619. The summed E-state index contributed by atoms with van der Waals surface area (Å²) in [7, 11) is 0. The van der Waals surface area contributed by atoms with Crippen LogP contribution in [0.4, 0.5) is 0 Å². The van der Waals surface area contributed by atoms with Crippen LogP contribution >= 0.6 is 12.4 Å². The van der Waals surface area contributed by atoms with Gasteiger partial charge in [-0.2, -0.15) is 0 Å². The Bertz CT molecular complexity index is 629. The van der Waals surface area contributed by atoms with Gasteiger partial charge in [-0.25, -0.2) is 0 Å². The second-order valence-corrected chi connectivity index (χ2v) is 8.14. The lowest BCUT2D eigenvalue weighted by Gasteiger charge is -2.35. The zero-order chi connectivity index (χ0) is 19.9. The maximum atomic E-state index is 12.6. The maximum absolute atomic E-state index is 12.6. The lowest BCUT2D eigenvalue weighted by molar-refractivity contribution is -0.137. The lowest BCUT2D eigenvalue weighted by atomic mass is 9.87. The van der Waals surface area contributed by atoms with Crippen molar-refractivity contribution in [2.75, 3.05) is 26.2 Å². The number of ether oxygens (including phenoxy) is 1. The van der Waals surface area contributed by atoms with Gasteiger partial charge in [0.1, 0.15) is 5.75 Å². The standard InChI is InChI=1S/C21H33N3O3.ClH/c1-21(2,3)16-7-9-18(10-8-16)27-15-20(26)24-13-5-4-6-17(24)14-23-19(25)11-12-22;/h7-10,17H,4-6,11-15,22H2,1-3H3,(H,23,25);1H. The maximum Gasteiger partial charge on any atom is 0.260 e. The quantitative estimate of drug-likeness (QED) is 0.722. The summed E-state index contributed by atoms with van der Waals surface area (Å²) in [5, 5.41) is 2.88. The molecule has 7 heteroatoms. The van der Waals surface area contributed by atoms with Crippen molar-refractivity contribution in [3.63, 3.8) is 0 Å². The monoisotopic (exact) mass is 411 g/mol. The van der Waals surface area contributed by atoms with Crippen LogP contribution in [0.2, 0.25) is 0 Å². The number of nitrogens with zero attached hydrogens (tertiary/aromatic N) is 1. The van der Waals surface area contributed by atoms with E-state index in [2.05, 4.69) is 26.1 Å². The molecule has 0 radical (unpaired) electrons. The predicted octanol–water partition coefficient (Wildman–Crippen LogP) is 2.63. The third-order valence-corrected chi connectivity index (χ3v) is 4.94. The molecule has 6 nitrogen and oxygen atoms in total. The first-order chi connectivity index (χ1) is 12.8. The number of hydrogen-bond donors (Lipinski definition) is 2. The van der Waals surface area contributed by atoms with Crippen LogP contribution in [0.25, 0.3) is 0 Å². The Balaban J connectivity index is 0.00000392. The third-order valence-electron chi connectivity index (χ3n) is 4.94. The minimum Gasteiger partial charge on any atom is -0.484 e. The van der Waals surface area contributed by atoms with E-state index < -0.39 is 0 Å². The van der Waals surface area contributed by atoms with Crippen LogP contribution in [-0.2, 0) is 15.0 Å². The Morgan fingerprint density at radius 1 is 1.21 bits per heavy atom. The SMILES string of the molecule is CC(C)(C)c1ccc(OCC(=O)N2CCCCC2CNC(=O)CCN)cc1.Cl. The number of likely N-dealkylation sites (tertiary alicyclic amines) is 1. The highest BCUT2D eigenvalue weighted by Crippen LogP contribution is 2.24. The molecule has 28 heavy (non-hydrogen) atoms. The average molecular weight is 412 g/mol. The number of benzene rings is 1. The minimum atomic E-state index is -0.0642. The van der Waals surface area contributed by atoms with Crippen molar-refractivity contribution in [1.82, 2.24) is 10.2 Å². The fourth-order valence-electron chi connectivity index (χ4n) is 3.27. The number of rotatable bonds is 7. The molecule has 1 aliphatic heterocycles. The number of nitrogens with one attached hydrogen (secondary N) is 1. The molecule has 0 aliphatic carbocycles. The van der Waals surface area contributed by atoms with Crippen LogP contribution in [0.15, 0.2) is 24.3 Å². The number of amides is 2. The van der Waals surface area contributed by atoms with Crippen molar-refractivity contribution in [1.29, 1.82) is 0 Å². The van der Waals surface area contributed by atoms with Gasteiger partial charge in [-0.3, -0.25) is 9.59 Å². The van der Waals surface area contributed by atoms with Gasteiger partial charge in [0.05, 0.1) is 0 Å². The molecule has 3 N–H and O–H groups in total. The van der Waals surface area contributed by atoms with Crippen LogP contribution in [0.1, 0.15) is 52.0 Å². The summed E-state index contributed by atoms with van der Waals surface area (Å²) in [6.07, 6.45) is 3.26. The Labute approximate surface area is 174 Å². The summed E-state index contributed by atoms with van der Waals surface area (Å²) in [4.78, 5) is 26.1. The van der Waals surface area contributed by atoms with E-state index in [9.17, 15) is 9.59 Å². The molecule has 1 aromatic carbocycles. The molecule has 1 fully saturated rings. The number of piperidine rings is 1. The number of hydrogen-bond acceptors (Lipinski definition) is 4. The van der Waals surface area contributed by atoms with Crippen LogP contribution in [-0.4, -0.2) is 49.0 Å². The number of carbonyl (C=O) groups excluding carboxylic acids is 2. The van der Waals surface area contributed by atoms with E-state index in [1.165, 1.54) is 5.56 Å². The van der Waals surface area contributed by atoms with Gasteiger partial charge in [0.15, 0.2) is 6.61 Å². The number of nitrogens with two attached hydrogens (primary N) is 1. The van der Waals surface area contributed by atoms with Crippen molar-refractivity contribution in [2.24, 2.45) is 5.73 Å². The Morgan fingerprint density at radius 2 is 1.89 bits per heavy atom. The Hall–Kier alpha value is -1.79. The van der Waals surface area contributed by atoms with Crippen molar-refractivity contribution in [3.8, 4) is 5.75 Å². The first kappa shape index (κ1) is 24.2. The molecule has 0 spiro atoms. The average Bonchev–Trinajstić information content (AvgIpc) is 2.64. The molecule has 1 aromatic rings. The van der Waals surface area contributed by atoms with E-state index in [1.807, 2.05) is 29.2 Å². The fourth-order valence-corrected chi connectivity index (χ4v) is 3.27. The van der Waals surface area contributed by atoms with Crippen LogP contribution in [0, 0.1) is 0 Å². The summed E-state index contributed by atoms with van der Waals surface area (Å²) in [6.45, 7) is 8.02. The number of halogens is 1. The molecule has 2 rings (SSSR count). The second-order valence-electron chi connectivity index (χ2n) is 8.14. The predicted molar refractivity (Wildman–Crippen MR) is 114 cm³/mol. The molecular weight excluding hydrogens is 378 g/mol. The molecule has 2 amide bonds. The molecule has 158 valence electrons. The van der Waals surface area contributed by atoms with Gasteiger partial charge in [-0.05, 0) is 42.4 Å². The molecule has 1 unspecified atom stereocenters. The van der Waals surface area contributed by atoms with Gasteiger partial charge in [-0.1, -0.05) is 32.9 Å². The highest BCUT2D eigenvalue weighted by atomic mass is 35.5. The minimum absolute atomic E-state index is 0. The Kier molecular flexibility index (Phi) is 9.76. The van der Waals surface area contributed by atoms with Crippen LogP contribution in [0.3, 0.4) is 0 Å². The van der Waals surface area contributed by atoms with Crippen molar-refractivity contribution < 1.29 is 14.3 Å². The van der Waals surface area contributed by atoms with E-state index in [1.54, 1.807) is 0 Å². The van der Waals surface area contributed by atoms with Crippen molar-refractivity contribution in [3.05, 3.63) is 29.8 Å². The van der Waals surface area contributed by atoms with E-state index in [4.69, 9.17) is 10.5 Å². The van der Waals surface area contributed by atoms with Gasteiger partial charge >= 0.3 is 0 Å². The summed E-state index contributed by atoms with van der Waals surface area (Å²) < 4.78 is 5.71. The van der Waals surface area contributed by atoms with Crippen LogP contribution < -0.4 is 15.8 Å². The first-order valence-corrected chi connectivity index (χ1v) is 9.81. The smallest absolute Gasteiger partial charge is 0.260 e. The highest BCUT2D eigenvalue weighted by Gasteiger charge is 2.27. The van der Waals surface area contributed by atoms with E-state index in [0.717, 1.165) is 19.3 Å². The molecular formula is C21H34ClN3O3. The van der Waals surface area contributed by atoms with Gasteiger partial charge in [0.2, 0.25) is 5.91 Å². The molecule has 1 saturated heterocycles. The zero-order valence-corrected chi connectivity index (χ0v) is 18.0. The Morgan fingerprint density at radius 3 is 2.50 bits per heavy atom. The van der Waals surface area contributed by atoms with E-state index in [-0.39, 0.29) is 42.3 Å². The van der Waals surface area contributed by atoms with Gasteiger partial charge in [-0.15, -0.1) is 12.4 Å². The van der Waals surface area contributed by atoms with Crippen molar-refractivity contribution >= 4 is 24.2 Å². The molecule has 1 atom stereocenters. The lowest BCUT2D eigenvalue weighted by Crippen LogP contribution is -2.50. The summed E-state index contributed by atoms with van der Waals surface area (Å²) in [6, 6.07) is 7.93. The molecule has 0 saturated carbocycles. The van der Waals surface area contributed by atoms with E-state index >= 15 is 0 Å². The first-order valence-electron chi connectivity index (χ1n) is 9.81. The zero-order valence-electron chi connectivity index (χ0n) is 17.2. The second kappa shape index (κ2) is 11.3. The topological polar surface area (TPSA) is 84.7 Å². The normalized spacial score (nSPS) is 16.9. The molecule has 0 aromatic heterocycles. The largest absolute Gasteiger partial charge is 0.484 e. The third kappa shape index (κ3) is 7.32. The molecule has 1 heterocycles. The highest BCUT2D eigenvalue weighted by molar-refractivity contribution is 5.85. The van der Waals surface area contributed by atoms with E-state index in [0.29, 0.717) is 31.8 Å². The van der Waals surface area contributed by atoms with Crippen LogP contribution in [0.5, 0.6) is 5.75 Å². The summed E-state index contributed by atoms with van der Waals surface area (Å²) >= 11 is 0. The molecule has 1 aliphatic rings. The summed E-state index contributed by atoms with van der Waals surface area (Å²) in [5.41, 5.74) is 6.71. The van der Waals surface area contributed by atoms with Gasteiger partial charge in [0.25, 0.3) is 5.91 Å². The summed E-state index contributed by atoms with van der Waals surface area (Å²) in [5.74, 6) is 0.597. The van der Waals surface area contributed by atoms with Crippen molar-refractivity contribution in [2.45, 2.75) is 57.9 Å². The molecule has 0 bridgehead atoms. The van der Waals surface area contributed by atoms with Gasteiger partial charge in [0, 0.05) is 32.1 Å².